The van der Waals surface area contributed by atoms with Gasteiger partial charge in [0.2, 0.25) is 0 Å². The lowest BCUT2D eigenvalue weighted by Gasteiger charge is -2.12. The van der Waals surface area contributed by atoms with Gasteiger partial charge in [-0.05, 0) is 47.4 Å². The lowest BCUT2D eigenvalue weighted by Crippen LogP contribution is -1.99. The Kier molecular flexibility index (Phi) is 3.16. The highest BCUT2D eigenvalue weighted by Crippen LogP contribution is 2.36. The van der Waals surface area contributed by atoms with Crippen LogP contribution in [0.2, 0.25) is 0 Å². The summed E-state index contributed by atoms with van der Waals surface area (Å²) in [7, 11) is 0. The van der Waals surface area contributed by atoms with Crippen molar-refractivity contribution in [3.05, 3.63) is 70.8 Å². The van der Waals surface area contributed by atoms with Crippen LogP contribution in [0.5, 0.6) is 0 Å². The van der Waals surface area contributed by atoms with Gasteiger partial charge in [0, 0.05) is 0 Å². The molecule has 0 amide bonds. The summed E-state index contributed by atoms with van der Waals surface area (Å²) in [5.74, 6) is 0.619. The molecule has 1 heteroatoms. The predicted molar refractivity (Wildman–Crippen MR) is 73.6 cm³/mol. The highest BCUT2D eigenvalue weighted by atomic mass is 16.3. The SMILES string of the molecule is OCc1ccc2c(c1)C(Cc1ccccc1)CC2. The first kappa shape index (κ1) is 11.5. The number of fused-ring (bicyclic) bond motifs is 1. The van der Waals surface area contributed by atoms with Crippen molar-refractivity contribution in [2.45, 2.75) is 31.8 Å². The molecule has 2 aromatic carbocycles. The van der Waals surface area contributed by atoms with Gasteiger partial charge < -0.3 is 5.11 Å². The Morgan fingerprint density at radius 2 is 1.83 bits per heavy atom. The number of hydrogen-bond acceptors (Lipinski definition) is 1. The highest BCUT2D eigenvalue weighted by molar-refractivity contribution is 5.39. The second-order valence-electron chi connectivity index (χ2n) is 5.12. The van der Waals surface area contributed by atoms with Gasteiger partial charge in [-0.1, -0.05) is 48.5 Å². The van der Waals surface area contributed by atoms with E-state index in [2.05, 4.69) is 42.5 Å². The van der Waals surface area contributed by atoms with E-state index in [0.717, 1.165) is 12.0 Å². The first-order valence-corrected chi connectivity index (χ1v) is 6.63. The molecule has 0 saturated heterocycles. The summed E-state index contributed by atoms with van der Waals surface area (Å²) in [5, 5.41) is 9.24. The second-order valence-corrected chi connectivity index (χ2v) is 5.12. The molecule has 1 atom stereocenters. The molecule has 0 heterocycles. The van der Waals surface area contributed by atoms with Crippen LogP contribution >= 0.6 is 0 Å². The molecule has 0 bridgehead atoms. The van der Waals surface area contributed by atoms with Gasteiger partial charge in [-0.2, -0.15) is 0 Å². The third kappa shape index (κ3) is 2.19. The highest BCUT2D eigenvalue weighted by Gasteiger charge is 2.22. The Hall–Kier alpha value is -1.60. The number of aryl methyl sites for hydroxylation is 1. The van der Waals surface area contributed by atoms with Crippen molar-refractivity contribution in [3.63, 3.8) is 0 Å². The zero-order valence-corrected chi connectivity index (χ0v) is 10.5. The fourth-order valence-corrected chi connectivity index (χ4v) is 2.95. The third-order valence-electron chi connectivity index (χ3n) is 3.92. The van der Waals surface area contributed by atoms with Gasteiger partial charge in [-0.25, -0.2) is 0 Å². The van der Waals surface area contributed by atoms with E-state index < -0.39 is 0 Å². The molecule has 0 fully saturated rings. The maximum Gasteiger partial charge on any atom is 0.0681 e. The van der Waals surface area contributed by atoms with Crippen molar-refractivity contribution < 1.29 is 5.11 Å². The molecule has 0 saturated carbocycles. The molecule has 0 radical (unpaired) electrons. The normalized spacial score (nSPS) is 17.7. The van der Waals surface area contributed by atoms with Crippen LogP contribution in [0, 0.1) is 0 Å². The minimum Gasteiger partial charge on any atom is -0.392 e. The Morgan fingerprint density at radius 3 is 2.61 bits per heavy atom. The van der Waals surface area contributed by atoms with E-state index in [1.165, 1.54) is 29.5 Å². The van der Waals surface area contributed by atoms with E-state index in [4.69, 9.17) is 0 Å². The predicted octanol–water partition coefficient (Wildman–Crippen LogP) is 3.45. The van der Waals surface area contributed by atoms with Gasteiger partial charge in [0.15, 0.2) is 0 Å². The summed E-state index contributed by atoms with van der Waals surface area (Å²) in [4.78, 5) is 0. The summed E-state index contributed by atoms with van der Waals surface area (Å²) in [5.41, 5.74) is 5.36. The van der Waals surface area contributed by atoms with Gasteiger partial charge in [0.1, 0.15) is 0 Å². The lowest BCUT2D eigenvalue weighted by molar-refractivity contribution is 0.281. The summed E-state index contributed by atoms with van der Waals surface area (Å²) >= 11 is 0. The molecule has 18 heavy (non-hydrogen) atoms. The molecule has 1 aliphatic rings. The molecule has 2 aromatic rings. The summed E-state index contributed by atoms with van der Waals surface area (Å²) in [6.07, 6.45) is 3.53. The first-order chi connectivity index (χ1) is 8.86. The standard InChI is InChI=1S/C17H18O/c18-12-14-6-7-15-8-9-16(17(15)11-14)10-13-4-2-1-3-5-13/h1-7,11,16,18H,8-10,12H2. The first-order valence-electron chi connectivity index (χ1n) is 6.63. The second kappa shape index (κ2) is 4.95. The van der Waals surface area contributed by atoms with Crippen LogP contribution in [0.4, 0.5) is 0 Å². The topological polar surface area (TPSA) is 20.2 Å². The maximum absolute atomic E-state index is 9.24. The van der Waals surface area contributed by atoms with Crippen molar-refractivity contribution in [1.82, 2.24) is 0 Å². The zero-order valence-electron chi connectivity index (χ0n) is 10.5. The number of aliphatic hydroxyl groups excluding tert-OH is 1. The van der Waals surface area contributed by atoms with E-state index in [1.54, 1.807) is 0 Å². The molecule has 0 aromatic heterocycles. The fourth-order valence-electron chi connectivity index (χ4n) is 2.95. The molecule has 92 valence electrons. The molecule has 3 rings (SSSR count). The molecule has 1 N–H and O–H groups in total. The Bertz CT molecular complexity index is 531. The van der Waals surface area contributed by atoms with Crippen molar-refractivity contribution >= 4 is 0 Å². The van der Waals surface area contributed by atoms with Gasteiger partial charge in [0.05, 0.1) is 6.61 Å². The van der Waals surface area contributed by atoms with E-state index in [0.29, 0.717) is 5.92 Å². The van der Waals surface area contributed by atoms with Crippen LogP contribution in [0.1, 0.15) is 34.6 Å². The maximum atomic E-state index is 9.24. The van der Waals surface area contributed by atoms with Crippen LogP contribution in [0.25, 0.3) is 0 Å². The van der Waals surface area contributed by atoms with Crippen molar-refractivity contribution in [2.75, 3.05) is 0 Å². The molecule has 1 aliphatic carbocycles. The monoisotopic (exact) mass is 238 g/mol. The average molecular weight is 238 g/mol. The molecule has 0 aliphatic heterocycles. The van der Waals surface area contributed by atoms with Gasteiger partial charge >= 0.3 is 0 Å². The molecular formula is C17H18O. The number of benzene rings is 2. The van der Waals surface area contributed by atoms with Crippen LogP contribution in [0.3, 0.4) is 0 Å². The zero-order chi connectivity index (χ0) is 12.4. The van der Waals surface area contributed by atoms with Gasteiger partial charge in [-0.15, -0.1) is 0 Å². The lowest BCUT2D eigenvalue weighted by atomic mass is 9.93. The number of hydrogen-bond donors (Lipinski definition) is 1. The van der Waals surface area contributed by atoms with Crippen molar-refractivity contribution in [3.8, 4) is 0 Å². The Balaban J connectivity index is 1.85. The molecule has 1 nitrogen and oxygen atoms in total. The Morgan fingerprint density at radius 1 is 1.00 bits per heavy atom. The van der Waals surface area contributed by atoms with Crippen LogP contribution in [0.15, 0.2) is 48.5 Å². The van der Waals surface area contributed by atoms with Gasteiger partial charge in [0.25, 0.3) is 0 Å². The smallest absolute Gasteiger partial charge is 0.0681 e. The molecular weight excluding hydrogens is 220 g/mol. The summed E-state index contributed by atoms with van der Waals surface area (Å²) in [6.45, 7) is 0.144. The number of aliphatic hydroxyl groups is 1. The quantitative estimate of drug-likeness (QED) is 0.868. The van der Waals surface area contributed by atoms with E-state index >= 15 is 0 Å². The third-order valence-corrected chi connectivity index (χ3v) is 3.92. The molecule has 0 spiro atoms. The fraction of sp³-hybridized carbons (Fsp3) is 0.294. The average Bonchev–Trinajstić information content (AvgIpc) is 2.82. The molecule has 1 unspecified atom stereocenters. The van der Waals surface area contributed by atoms with Crippen LogP contribution in [-0.2, 0) is 19.4 Å². The van der Waals surface area contributed by atoms with Crippen LogP contribution in [-0.4, -0.2) is 5.11 Å². The van der Waals surface area contributed by atoms with E-state index in [9.17, 15) is 5.11 Å². The van der Waals surface area contributed by atoms with Gasteiger partial charge in [-0.3, -0.25) is 0 Å². The van der Waals surface area contributed by atoms with Crippen molar-refractivity contribution in [2.24, 2.45) is 0 Å². The number of rotatable bonds is 3. The van der Waals surface area contributed by atoms with E-state index in [-0.39, 0.29) is 6.61 Å². The van der Waals surface area contributed by atoms with Crippen LogP contribution < -0.4 is 0 Å². The summed E-state index contributed by atoms with van der Waals surface area (Å²) < 4.78 is 0. The minimum atomic E-state index is 0.144. The Labute approximate surface area is 108 Å². The van der Waals surface area contributed by atoms with Crippen molar-refractivity contribution in [1.29, 1.82) is 0 Å². The summed E-state index contributed by atoms with van der Waals surface area (Å²) in [6, 6.07) is 17.1. The largest absolute Gasteiger partial charge is 0.392 e. The minimum absolute atomic E-state index is 0.144. The van der Waals surface area contributed by atoms with E-state index in [1.807, 2.05) is 6.07 Å².